The maximum Gasteiger partial charge on any atom is 0.269 e. The molecule has 0 atom stereocenters. The third-order valence-electron chi connectivity index (χ3n) is 5.64. The molecule has 8 nitrogen and oxygen atoms in total. The molecule has 0 spiro atoms. The molecule has 0 aromatic heterocycles. The first-order valence-corrected chi connectivity index (χ1v) is 10.7. The van der Waals surface area contributed by atoms with Gasteiger partial charge >= 0.3 is 0 Å². The maximum atomic E-state index is 13.0. The Morgan fingerprint density at radius 2 is 1.41 bits per heavy atom. The van der Waals surface area contributed by atoms with Crippen molar-refractivity contribution in [3.8, 4) is 5.75 Å². The molecule has 1 aliphatic heterocycles. The van der Waals surface area contributed by atoms with Crippen molar-refractivity contribution in [3.05, 3.63) is 99.9 Å². The molecular formula is C25H22FN3O5. The van der Waals surface area contributed by atoms with Crippen LogP contribution in [0.1, 0.15) is 15.9 Å². The molecule has 0 N–H and O–H groups in total. The van der Waals surface area contributed by atoms with Crippen molar-refractivity contribution in [2.24, 2.45) is 0 Å². The van der Waals surface area contributed by atoms with Gasteiger partial charge in [0.2, 0.25) is 0 Å². The van der Waals surface area contributed by atoms with Gasteiger partial charge in [0.1, 0.15) is 11.6 Å². The molecule has 0 aliphatic carbocycles. The van der Waals surface area contributed by atoms with Gasteiger partial charge in [0.05, 0.1) is 4.92 Å². The summed E-state index contributed by atoms with van der Waals surface area (Å²) in [5.41, 5.74) is 1.75. The number of carbonyl (C=O) groups excluding carboxylic acids is 2. The molecule has 1 saturated heterocycles. The summed E-state index contributed by atoms with van der Waals surface area (Å²) in [5.74, 6) is -0.311. The van der Waals surface area contributed by atoms with Crippen LogP contribution in [0.2, 0.25) is 0 Å². The number of amides is 1. The number of nitro groups is 1. The molecule has 1 heterocycles. The summed E-state index contributed by atoms with van der Waals surface area (Å²) < 4.78 is 18.6. The molecule has 0 saturated carbocycles. The minimum atomic E-state index is -0.433. The summed E-state index contributed by atoms with van der Waals surface area (Å²) in [4.78, 5) is 39.2. The summed E-state index contributed by atoms with van der Waals surface area (Å²) >= 11 is 0. The molecule has 9 heteroatoms. The number of hydrogen-bond acceptors (Lipinski definition) is 6. The average Bonchev–Trinajstić information content (AvgIpc) is 2.88. The standard InChI is InChI=1S/C25H22FN3O5/c26-20-5-1-18(2-6-20)25(31)19-3-11-23(12-4-19)34-17-24(30)28-15-13-27(14-16-28)21-7-9-22(10-8-21)29(32)33/h1-12H,13-17H2. The third kappa shape index (κ3) is 5.37. The quantitative estimate of drug-likeness (QED) is 0.301. The second kappa shape index (κ2) is 10.1. The molecular weight excluding hydrogens is 441 g/mol. The van der Waals surface area contributed by atoms with Crippen molar-refractivity contribution in [2.75, 3.05) is 37.7 Å². The fourth-order valence-electron chi connectivity index (χ4n) is 3.71. The van der Waals surface area contributed by atoms with E-state index in [0.717, 1.165) is 5.69 Å². The third-order valence-corrected chi connectivity index (χ3v) is 5.64. The van der Waals surface area contributed by atoms with E-state index in [9.17, 15) is 24.1 Å². The van der Waals surface area contributed by atoms with Gasteiger partial charge in [-0.15, -0.1) is 0 Å². The lowest BCUT2D eigenvalue weighted by Gasteiger charge is -2.36. The Kier molecular flexibility index (Phi) is 6.82. The minimum absolute atomic E-state index is 0.0440. The molecule has 1 fully saturated rings. The number of nitrogens with zero attached hydrogens (tertiary/aromatic N) is 3. The van der Waals surface area contributed by atoms with Gasteiger partial charge < -0.3 is 14.5 Å². The topological polar surface area (TPSA) is 93.0 Å². The summed E-state index contributed by atoms with van der Waals surface area (Å²) in [7, 11) is 0. The molecule has 0 bridgehead atoms. The number of ether oxygens (including phenoxy) is 1. The van der Waals surface area contributed by atoms with E-state index < -0.39 is 10.7 Å². The minimum Gasteiger partial charge on any atom is -0.484 e. The normalized spacial score (nSPS) is 13.4. The van der Waals surface area contributed by atoms with Crippen molar-refractivity contribution < 1.29 is 23.6 Å². The van der Waals surface area contributed by atoms with Gasteiger partial charge in [-0.1, -0.05) is 0 Å². The molecule has 3 aromatic carbocycles. The molecule has 1 amide bonds. The smallest absolute Gasteiger partial charge is 0.269 e. The number of anilines is 1. The van der Waals surface area contributed by atoms with Crippen LogP contribution < -0.4 is 9.64 Å². The molecule has 34 heavy (non-hydrogen) atoms. The van der Waals surface area contributed by atoms with Gasteiger partial charge in [-0.25, -0.2) is 4.39 Å². The number of hydrogen-bond donors (Lipinski definition) is 0. The van der Waals surface area contributed by atoms with Crippen LogP contribution in [0, 0.1) is 15.9 Å². The van der Waals surface area contributed by atoms with Crippen LogP contribution in [0.15, 0.2) is 72.8 Å². The molecule has 0 unspecified atom stereocenters. The number of nitro benzene ring substituents is 1. The maximum absolute atomic E-state index is 13.0. The highest BCUT2D eigenvalue weighted by molar-refractivity contribution is 6.09. The van der Waals surface area contributed by atoms with Crippen LogP contribution in [0.5, 0.6) is 5.75 Å². The van der Waals surface area contributed by atoms with E-state index in [4.69, 9.17) is 4.74 Å². The molecule has 1 aliphatic rings. The lowest BCUT2D eigenvalue weighted by atomic mass is 10.0. The first-order chi connectivity index (χ1) is 16.4. The van der Waals surface area contributed by atoms with Crippen LogP contribution in [-0.4, -0.2) is 54.3 Å². The van der Waals surface area contributed by atoms with E-state index in [2.05, 4.69) is 4.90 Å². The number of benzene rings is 3. The van der Waals surface area contributed by atoms with E-state index in [0.29, 0.717) is 43.1 Å². The van der Waals surface area contributed by atoms with Crippen LogP contribution >= 0.6 is 0 Å². The molecule has 3 aromatic rings. The van der Waals surface area contributed by atoms with Crippen LogP contribution in [0.4, 0.5) is 15.8 Å². The Bertz CT molecular complexity index is 1170. The zero-order valence-electron chi connectivity index (χ0n) is 18.2. The van der Waals surface area contributed by atoms with E-state index in [1.54, 1.807) is 41.3 Å². The average molecular weight is 463 g/mol. The number of rotatable bonds is 7. The predicted molar refractivity (Wildman–Crippen MR) is 124 cm³/mol. The van der Waals surface area contributed by atoms with Crippen molar-refractivity contribution in [1.82, 2.24) is 4.90 Å². The molecule has 174 valence electrons. The summed E-state index contributed by atoms with van der Waals surface area (Å²) in [6, 6.07) is 18.2. The van der Waals surface area contributed by atoms with E-state index in [1.165, 1.54) is 36.4 Å². The van der Waals surface area contributed by atoms with E-state index >= 15 is 0 Å². The second-order valence-electron chi connectivity index (χ2n) is 7.79. The van der Waals surface area contributed by atoms with Gasteiger partial charge in [0, 0.05) is 55.1 Å². The summed E-state index contributed by atoms with van der Waals surface area (Å²) in [5, 5.41) is 10.8. The van der Waals surface area contributed by atoms with Gasteiger partial charge in [-0.05, 0) is 60.7 Å². The van der Waals surface area contributed by atoms with Crippen molar-refractivity contribution >= 4 is 23.1 Å². The summed E-state index contributed by atoms with van der Waals surface area (Å²) in [6.07, 6.45) is 0. The first kappa shape index (κ1) is 22.9. The number of carbonyl (C=O) groups is 2. The van der Waals surface area contributed by atoms with Crippen molar-refractivity contribution in [3.63, 3.8) is 0 Å². The lowest BCUT2D eigenvalue weighted by molar-refractivity contribution is -0.384. The fourth-order valence-corrected chi connectivity index (χ4v) is 3.71. The zero-order valence-corrected chi connectivity index (χ0v) is 18.2. The SMILES string of the molecule is O=C(c1ccc(F)cc1)c1ccc(OCC(=O)N2CCN(c3ccc([N+](=O)[O-])cc3)CC2)cc1. The summed E-state index contributed by atoms with van der Waals surface area (Å²) in [6.45, 7) is 2.14. The highest BCUT2D eigenvalue weighted by atomic mass is 19.1. The monoisotopic (exact) mass is 463 g/mol. The zero-order chi connectivity index (χ0) is 24.1. The highest BCUT2D eigenvalue weighted by Gasteiger charge is 2.22. The molecule has 4 rings (SSSR count). The fraction of sp³-hybridized carbons (Fsp3) is 0.200. The van der Waals surface area contributed by atoms with Crippen LogP contribution in [0.25, 0.3) is 0 Å². The Labute approximate surface area is 195 Å². The van der Waals surface area contributed by atoms with Gasteiger partial charge in [0.15, 0.2) is 12.4 Å². The highest BCUT2D eigenvalue weighted by Crippen LogP contribution is 2.21. The van der Waals surface area contributed by atoms with E-state index in [-0.39, 0.29) is 24.0 Å². The Morgan fingerprint density at radius 3 is 1.97 bits per heavy atom. The van der Waals surface area contributed by atoms with Gasteiger partial charge in [-0.3, -0.25) is 19.7 Å². The van der Waals surface area contributed by atoms with E-state index in [1.807, 2.05) is 0 Å². The van der Waals surface area contributed by atoms with Crippen molar-refractivity contribution in [2.45, 2.75) is 0 Å². The number of piperazine rings is 1. The Hall–Kier alpha value is -4.27. The van der Waals surface area contributed by atoms with Crippen LogP contribution in [0.3, 0.4) is 0 Å². The number of ketones is 1. The van der Waals surface area contributed by atoms with Gasteiger partial charge in [0.25, 0.3) is 11.6 Å². The Balaban J connectivity index is 1.26. The van der Waals surface area contributed by atoms with Crippen molar-refractivity contribution in [1.29, 1.82) is 0 Å². The predicted octanol–water partition coefficient (Wildman–Crippen LogP) is 3.69. The first-order valence-electron chi connectivity index (χ1n) is 10.7. The Morgan fingerprint density at radius 1 is 0.853 bits per heavy atom. The lowest BCUT2D eigenvalue weighted by Crippen LogP contribution is -2.50. The largest absolute Gasteiger partial charge is 0.484 e. The molecule has 0 radical (unpaired) electrons. The van der Waals surface area contributed by atoms with Crippen LogP contribution in [-0.2, 0) is 4.79 Å². The second-order valence-corrected chi connectivity index (χ2v) is 7.79. The van der Waals surface area contributed by atoms with Gasteiger partial charge in [-0.2, -0.15) is 0 Å². The number of non-ortho nitro benzene ring substituents is 1. The number of halogens is 1.